The van der Waals surface area contributed by atoms with E-state index in [0.29, 0.717) is 0 Å². The van der Waals surface area contributed by atoms with Crippen molar-refractivity contribution >= 4 is 33.2 Å². The number of alkyl halides is 1. The maximum absolute atomic E-state index is 12.2. The summed E-state index contributed by atoms with van der Waals surface area (Å²) in [4.78, 5) is 14.2. The van der Waals surface area contributed by atoms with E-state index in [1.165, 1.54) is 10.4 Å². The first-order valence-corrected chi connectivity index (χ1v) is 8.66. The van der Waals surface area contributed by atoms with Gasteiger partial charge in [0.25, 0.3) is 5.91 Å². The van der Waals surface area contributed by atoms with Crippen LogP contribution in [0.4, 0.5) is 0 Å². The SMILES string of the molecule is CCc1ccc(C(=O)NC(CBr)Cc2ccccc2)s1. The van der Waals surface area contributed by atoms with Gasteiger partial charge in [-0.05, 0) is 30.5 Å². The minimum atomic E-state index is 0.0232. The fourth-order valence-electron chi connectivity index (χ4n) is 1.99. The van der Waals surface area contributed by atoms with Crippen LogP contribution in [0.3, 0.4) is 0 Å². The van der Waals surface area contributed by atoms with Gasteiger partial charge in [-0.2, -0.15) is 0 Å². The van der Waals surface area contributed by atoms with Gasteiger partial charge in [0.1, 0.15) is 0 Å². The molecule has 1 heterocycles. The first-order valence-electron chi connectivity index (χ1n) is 6.72. The number of carbonyl (C=O) groups excluding carboxylic acids is 1. The summed E-state index contributed by atoms with van der Waals surface area (Å²) < 4.78 is 0. The van der Waals surface area contributed by atoms with Gasteiger partial charge in [-0.15, -0.1) is 11.3 Å². The predicted molar refractivity (Wildman–Crippen MR) is 88.9 cm³/mol. The van der Waals surface area contributed by atoms with E-state index in [0.717, 1.165) is 23.0 Å². The number of rotatable bonds is 6. The highest BCUT2D eigenvalue weighted by molar-refractivity contribution is 9.09. The highest BCUT2D eigenvalue weighted by Crippen LogP contribution is 2.17. The van der Waals surface area contributed by atoms with Gasteiger partial charge in [0.2, 0.25) is 0 Å². The Kier molecular flexibility index (Phi) is 5.80. The van der Waals surface area contributed by atoms with E-state index in [1.807, 2.05) is 30.3 Å². The number of halogens is 1. The average molecular weight is 352 g/mol. The first kappa shape index (κ1) is 15.3. The van der Waals surface area contributed by atoms with Crippen LogP contribution in [0.15, 0.2) is 42.5 Å². The molecular weight excluding hydrogens is 334 g/mol. The van der Waals surface area contributed by atoms with Crippen molar-refractivity contribution < 1.29 is 4.79 Å². The average Bonchev–Trinajstić information content (AvgIpc) is 2.96. The number of carbonyl (C=O) groups is 1. The Bertz CT molecular complexity index is 553. The van der Waals surface area contributed by atoms with Crippen LogP contribution in [0.25, 0.3) is 0 Å². The van der Waals surface area contributed by atoms with Crippen LogP contribution >= 0.6 is 27.3 Å². The molecule has 0 spiro atoms. The molecule has 106 valence electrons. The summed E-state index contributed by atoms with van der Waals surface area (Å²) in [6.07, 6.45) is 1.81. The van der Waals surface area contributed by atoms with Crippen LogP contribution in [-0.4, -0.2) is 17.3 Å². The van der Waals surface area contributed by atoms with Gasteiger partial charge >= 0.3 is 0 Å². The number of aryl methyl sites for hydroxylation is 1. The van der Waals surface area contributed by atoms with Crippen molar-refractivity contribution in [2.24, 2.45) is 0 Å². The molecule has 0 saturated heterocycles. The van der Waals surface area contributed by atoms with Crippen LogP contribution in [-0.2, 0) is 12.8 Å². The van der Waals surface area contributed by atoms with Crippen molar-refractivity contribution in [3.8, 4) is 0 Å². The predicted octanol–water partition coefficient (Wildman–Crippen LogP) is 4.05. The van der Waals surface area contributed by atoms with E-state index in [9.17, 15) is 4.79 Å². The van der Waals surface area contributed by atoms with E-state index in [1.54, 1.807) is 11.3 Å². The summed E-state index contributed by atoms with van der Waals surface area (Å²) in [7, 11) is 0. The molecule has 1 aromatic heterocycles. The summed E-state index contributed by atoms with van der Waals surface area (Å²) in [5.41, 5.74) is 1.23. The van der Waals surface area contributed by atoms with Crippen molar-refractivity contribution in [2.45, 2.75) is 25.8 Å². The maximum Gasteiger partial charge on any atom is 0.261 e. The zero-order valence-corrected chi connectivity index (χ0v) is 13.8. The quantitative estimate of drug-likeness (QED) is 0.781. The third-order valence-corrected chi connectivity index (χ3v) is 5.09. The second kappa shape index (κ2) is 7.60. The lowest BCUT2D eigenvalue weighted by Gasteiger charge is -2.15. The molecule has 0 aliphatic carbocycles. The zero-order chi connectivity index (χ0) is 14.4. The van der Waals surface area contributed by atoms with Crippen molar-refractivity contribution in [3.05, 3.63) is 57.8 Å². The molecule has 2 nitrogen and oxygen atoms in total. The Morgan fingerprint density at radius 2 is 2.00 bits per heavy atom. The Balaban J connectivity index is 1.97. The third kappa shape index (κ3) is 4.18. The lowest BCUT2D eigenvalue weighted by atomic mass is 10.1. The highest BCUT2D eigenvalue weighted by atomic mass is 79.9. The van der Waals surface area contributed by atoms with E-state index < -0.39 is 0 Å². The lowest BCUT2D eigenvalue weighted by Crippen LogP contribution is -2.37. The second-order valence-electron chi connectivity index (χ2n) is 4.63. The fourth-order valence-corrected chi connectivity index (χ4v) is 3.23. The molecule has 20 heavy (non-hydrogen) atoms. The Labute approximate surface area is 132 Å². The number of thiophene rings is 1. The minimum Gasteiger partial charge on any atom is -0.347 e. The van der Waals surface area contributed by atoms with Gasteiger partial charge in [0.15, 0.2) is 0 Å². The Morgan fingerprint density at radius 1 is 1.25 bits per heavy atom. The van der Waals surface area contributed by atoms with Crippen LogP contribution in [0.5, 0.6) is 0 Å². The van der Waals surface area contributed by atoms with E-state index in [-0.39, 0.29) is 11.9 Å². The summed E-state index contributed by atoms with van der Waals surface area (Å²) in [5.74, 6) is 0.0232. The van der Waals surface area contributed by atoms with Crippen LogP contribution in [0.2, 0.25) is 0 Å². The molecule has 1 amide bonds. The zero-order valence-electron chi connectivity index (χ0n) is 11.4. The maximum atomic E-state index is 12.2. The molecule has 2 rings (SSSR count). The summed E-state index contributed by atoms with van der Waals surface area (Å²) in [5, 5.41) is 3.84. The summed E-state index contributed by atoms with van der Waals surface area (Å²) in [6, 6.07) is 14.3. The molecule has 0 fully saturated rings. The second-order valence-corrected chi connectivity index (χ2v) is 6.45. The molecule has 0 aliphatic rings. The van der Waals surface area contributed by atoms with Gasteiger partial charge in [0, 0.05) is 16.2 Å². The third-order valence-electron chi connectivity index (χ3n) is 3.08. The van der Waals surface area contributed by atoms with E-state index >= 15 is 0 Å². The van der Waals surface area contributed by atoms with Crippen LogP contribution in [0, 0.1) is 0 Å². The van der Waals surface area contributed by atoms with Crippen LogP contribution in [0.1, 0.15) is 27.0 Å². The fraction of sp³-hybridized carbons (Fsp3) is 0.312. The number of amides is 1. The van der Waals surface area contributed by atoms with E-state index in [4.69, 9.17) is 0 Å². The smallest absolute Gasteiger partial charge is 0.261 e. The number of nitrogens with one attached hydrogen (secondary N) is 1. The standard InChI is InChI=1S/C16H18BrNOS/c1-2-14-8-9-15(20-14)16(19)18-13(11-17)10-12-6-4-3-5-7-12/h3-9,13H,2,10-11H2,1H3,(H,18,19). The molecule has 0 saturated carbocycles. The Morgan fingerprint density at radius 3 is 2.60 bits per heavy atom. The van der Waals surface area contributed by atoms with Crippen molar-refractivity contribution in [2.75, 3.05) is 5.33 Å². The number of hydrogen-bond donors (Lipinski definition) is 1. The van der Waals surface area contributed by atoms with Crippen LogP contribution < -0.4 is 5.32 Å². The van der Waals surface area contributed by atoms with Gasteiger partial charge < -0.3 is 5.32 Å². The molecule has 0 radical (unpaired) electrons. The summed E-state index contributed by atoms with van der Waals surface area (Å²) >= 11 is 5.05. The largest absolute Gasteiger partial charge is 0.347 e. The molecule has 1 atom stereocenters. The van der Waals surface area contributed by atoms with Crippen molar-refractivity contribution in [3.63, 3.8) is 0 Å². The first-order chi connectivity index (χ1) is 9.72. The van der Waals surface area contributed by atoms with Gasteiger partial charge in [0.05, 0.1) is 4.88 Å². The van der Waals surface area contributed by atoms with Crippen molar-refractivity contribution in [1.82, 2.24) is 5.32 Å². The molecule has 4 heteroatoms. The Hall–Kier alpha value is -1.13. The van der Waals surface area contributed by atoms with E-state index in [2.05, 4.69) is 40.3 Å². The minimum absolute atomic E-state index is 0.0232. The van der Waals surface area contributed by atoms with Gasteiger partial charge in [-0.25, -0.2) is 0 Å². The normalized spacial score (nSPS) is 12.1. The molecule has 1 N–H and O–H groups in total. The highest BCUT2D eigenvalue weighted by Gasteiger charge is 2.14. The monoisotopic (exact) mass is 351 g/mol. The lowest BCUT2D eigenvalue weighted by molar-refractivity contribution is 0.0945. The van der Waals surface area contributed by atoms with Crippen molar-refractivity contribution in [1.29, 1.82) is 0 Å². The molecule has 1 unspecified atom stereocenters. The molecular formula is C16H18BrNOS. The van der Waals surface area contributed by atoms with Gasteiger partial charge in [-0.1, -0.05) is 53.2 Å². The molecule has 2 aromatic rings. The topological polar surface area (TPSA) is 29.1 Å². The van der Waals surface area contributed by atoms with Gasteiger partial charge in [-0.3, -0.25) is 4.79 Å². The number of hydrogen-bond acceptors (Lipinski definition) is 2. The number of benzene rings is 1. The summed E-state index contributed by atoms with van der Waals surface area (Å²) in [6.45, 7) is 2.10. The molecule has 0 aliphatic heterocycles. The molecule has 1 aromatic carbocycles. The molecule has 0 bridgehead atoms.